The third-order valence-corrected chi connectivity index (χ3v) is 25.6. The lowest BCUT2D eigenvalue weighted by Crippen LogP contribution is -2.10. The Bertz CT molecular complexity index is 7670. The zero-order valence-electron chi connectivity index (χ0n) is 63.2. The number of aromatic nitrogens is 2. The number of rotatable bonds is 13. The van der Waals surface area contributed by atoms with E-state index in [0.29, 0.717) is 0 Å². The van der Waals surface area contributed by atoms with E-state index in [-0.39, 0.29) is 0 Å². The van der Waals surface area contributed by atoms with Crippen LogP contribution in [0.2, 0.25) is 0 Å². The Hall–Kier alpha value is -14.7. The van der Waals surface area contributed by atoms with Crippen molar-refractivity contribution < 1.29 is 0 Å². The summed E-state index contributed by atoms with van der Waals surface area (Å²) in [5.41, 5.74) is 25.8. The van der Waals surface area contributed by atoms with Gasteiger partial charge in [-0.1, -0.05) is 285 Å². The minimum atomic E-state index is 1.10. The number of para-hydroxylation sites is 4. The average molecular weight is 1510 g/mol. The predicted octanol–water partition coefficient (Wildman–Crippen LogP) is 31.9. The van der Waals surface area contributed by atoms with Gasteiger partial charge in [0.1, 0.15) is 0 Å². The summed E-state index contributed by atoms with van der Waals surface area (Å²) in [6.45, 7) is 0. The van der Waals surface area contributed by atoms with Gasteiger partial charge in [0.05, 0.1) is 22.1 Å². The molecule has 6 heteroatoms. The Labute approximate surface area is 680 Å². The van der Waals surface area contributed by atoms with Gasteiger partial charge in [0, 0.05) is 107 Å². The van der Waals surface area contributed by atoms with Gasteiger partial charge in [-0.2, -0.15) is 0 Å². The smallest absolute Gasteiger partial charge is 0.0541 e. The molecule has 19 aromatic carbocycles. The highest BCUT2D eigenvalue weighted by atomic mass is 32.1. The number of hydrogen-bond acceptors (Lipinski definition) is 4. The lowest BCUT2D eigenvalue weighted by Gasteiger charge is -2.26. The van der Waals surface area contributed by atoms with Gasteiger partial charge in [-0.3, -0.25) is 0 Å². The van der Waals surface area contributed by atoms with Gasteiger partial charge in [-0.05, 0) is 229 Å². The van der Waals surface area contributed by atoms with E-state index >= 15 is 0 Å². The molecular weight excluding hydrogens is 1440 g/mol. The lowest BCUT2D eigenvalue weighted by molar-refractivity contribution is 1.18. The van der Waals surface area contributed by atoms with E-state index in [0.717, 1.165) is 34.1 Å². The molecule has 0 atom stereocenters. The molecule has 23 rings (SSSR count). The van der Waals surface area contributed by atoms with E-state index in [2.05, 4.69) is 456 Å². The first-order valence-electron chi connectivity index (χ1n) is 39.6. The first-order valence-corrected chi connectivity index (χ1v) is 41.2. The molecule has 0 aliphatic heterocycles. The van der Waals surface area contributed by atoms with E-state index in [1.165, 1.54) is 173 Å². The van der Waals surface area contributed by atoms with Crippen molar-refractivity contribution in [2.45, 2.75) is 0 Å². The number of fused-ring (bicyclic) bond motifs is 16. The molecule has 23 aromatic rings. The fourth-order valence-corrected chi connectivity index (χ4v) is 20.0. The van der Waals surface area contributed by atoms with E-state index < -0.39 is 0 Å². The van der Waals surface area contributed by atoms with Crippen LogP contribution in [0.25, 0.3) is 173 Å². The molecule has 0 fully saturated rings. The number of nitrogens with zero attached hydrogens (tertiary/aromatic N) is 4. The van der Waals surface area contributed by atoms with Crippen molar-refractivity contribution in [2.75, 3.05) is 9.80 Å². The fraction of sp³-hybridized carbons (Fsp3) is 0. The molecule has 0 aliphatic rings. The number of benzene rings is 19. The van der Waals surface area contributed by atoms with E-state index in [4.69, 9.17) is 0 Å². The average Bonchev–Trinajstić information content (AvgIpc) is 1.60. The van der Waals surface area contributed by atoms with Gasteiger partial charge in [0.2, 0.25) is 0 Å². The van der Waals surface area contributed by atoms with Crippen molar-refractivity contribution in [1.82, 2.24) is 9.13 Å². The fourth-order valence-electron chi connectivity index (χ4n) is 17.6. The Morgan fingerprint density at radius 1 is 0.164 bits per heavy atom. The lowest BCUT2D eigenvalue weighted by atomic mass is 9.97. The molecule has 0 bridgehead atoms. The molecule has 0 amide bonds. The van der Waals surface area contributed by atoms with Crippen molar-refractivity contribution in [3.63, 3.8) is 0 Å². The van der Waals surface area contributed by atoms with E-state index in [1.807, 2.05) is 22.7 Å². The second kappa shape index (κ2) is 28.8. The van der Waals surface area contributed by atoms with Crippen LogP contribution < -0.4 is 9.80 Å². The van der Waals surface area contributed by atoms with Gasteiger partial charge in [-0.15, -0.1) is 22.7 Å². The van der Waals surface area contributed by atoms with Crippen LogP contribution in [0.5, 0.6) is 0 Å². The highest BCUT2D eigenvalue weighted by Crippen LogP contribution is 2.47. The second-order valence-electron chi connectivity index (χ2n) is 29.9. The summed E-state index contributed by atoms with van der Waals surface area (Å²) in [7, 11) is 0. The summed E-state index contributed by atoms with van der Waals surface area (Å²) in [6.07, 6.45) is 0. The molecule has 544 valence electrons. The molecule has 4 heterocycles. The van der Waals surface area contributed by atoms with Gasteiger partial charge in [-0.25, -0.2) is 0 Å². The number of thiophene rings is 2. The van der Waals surface area contributed by atoms with Gasteiger partial charge in [0.15, 0.2) is 0 Å². The minimum Gasteiger partial charge on any atom is -0.310 e. The molecule has 0 saturated carbocycles. The third kappa shape index (κ3) is 12.1. The van der Waals surface area contributed by atoms with Gasteiger partial charge < -0.3 is 18.9 Å². The molecule has 0 aliphatic carbocycles. The zero-order valence-corrected chi connectivity index (χ0v) is 64.8. The van der Waals surface area contributed by atoms with Crippen LogP contribution in [0.4, 0.5) is 34.1 Å². The van der Waals surface area contributed by atoms with Crippen molar-refractivity contribution >= 4 is 162 Å². The number of hydrogen-bond donors (Lipinski definition) is 0. The minimum absolute atomic E-state index is 1.10. The molecule has 0 saturated heterocycles. The largest absolute Gasteiger partial charge is 0.310 e. The van der Waals surface area contributed by atoms with Crippen LogP contribution in [-0.2, 0) is 0 Å². The van der Waals surface area contributed by atoms with Gasteiger partial charge in [0.25, 0.3) is 0 Å². The van der Waals surface area contributed by atoms with Crippen molar-refractivity contribution in [3.05, 3.63) is 437 Å². The highest BCUT2D eigenvalue weighted by Gasteiger charge is 2.22. The molecule has 4 nitrogen and oxygen atoms in total. The normalized spacial score (nSPS) is 11.6. The summed E-state index contributed by atoms with van der Waals surface area (Å²) in [5.74, 6) is 0. The Morgan fingerprint density at radius 3 is 0.922 bits per heavy atom. The Morgan fingerprint density at radius 2 is 0.466 bits per heavy atom. The molecule has 0 radical (unpaired) electrons. The molecule has 4 aromatic heterocycles. The maximum absolute atomic E-state index is 2.40. The van der Waals surface area contributed by atoms with Crippen LogP contribution in [0, 0.1) is 0 Å². The number of anilines is 6. The molecule has 0 unspecified atom stereocenters. The standard InChI is InChI=1S/C58H38N2S.C52H34N2S/c1-3-13-39(14-4-1)40-25-29-47(30-26-40)59(49-31-33-50-45(37-49)27-32-53-52-22-8-10-24-57(52)61-58(50)53)48-20-12-17-43(36-48)41-15-11-16-42(35-41)44-28-34-56-54(38-44)51-21-7-9-23-55(51)60(56)46-18-5-2-6-19-46;1-3-11-35(12-4-1)36-19-25-41(26-20-36)53(43-29-31-44-39(33-43)23-30-47-46-16-8-10-18-51(46)55-52(44)47)42-27-21-37(22-28-42)38-24-32-50-48(34-38)45-15-7-9-17-49(45)54(50)40-13-5-2-6-14-40/h1-38H;1-34H. The second-order valence-corrected chi connectivity index (χ2v) is 32.0. The first kappa shape index (κ1) is 68.2. The SMILES string of the molecule is c1ccc(-c2ccc(N(c3ccc(-c4ccc5c(c4)c4ccccc4n5-c4ccccc4)cc3)c3ccc4c(ccc5c6ccccc6sc45)c3)cc2)cc1.c1ccc(-c2ccc(N(c3cccc(-c4cccc(-c5ccc6c(c5)c5ccccc5n6-c5ccccc5)c4)c3)c3ccc4c(ccc5c6ccccc6sc45)c3)cc2)cc1. The van der Waals surface area contributed by atoms with E-state index in [9.17, 15) is 0 Å². The van der Waals surface area contributed by atoms with Crippen LogP contribution in [0.1, 0.15) is 0 Å². The molecular formula is C110H72N4S2. The van der Waals surface area contributed by atoms with Crippen LogP contribution >= 0.6 is 22.7 Å². The summed E-state index contributed by atoms with van der Waals surface area (Å²) in [5, 5.41) is 15.4. The molecule has 0 spiro atoms. The van der Waals surface area contributed by atoms with Crippen LogP contribution in [-0.4, -0.2) is 9.13 Å². The summed E-state index contributed by atoms with van der Waals surface area (Å²) >= 11 is 3.77. The van der Waals surface area contributed by atoms with Crippen molar-refractivity contribution in [2.24, 2.45) is 0 Å². The first-order chi connectivity index (χ1) is 57.5. The quantitative estimate of drug-likeness (QED) is 0.114. The summed E-state index contributed by atoms with van der Waals surface area (Å²) in [4.78, 5) is 4.77. The maximum atomic E-state index is 2.40. The Balaban J connectivity index is 0.000000141. The summed E-state index contributed by atoms with van der Waals surface area (Å²) < 4.78 is 10.1. The predicted molar refractivity (Wildman–Crippen MR) is 499 cm³/mol. The van der Waals surface area contributed by atoms with Crippen LogP contribution in [0.3, 0.4) is 0 Å². The Kier molecular flexibility index (Phi) is 16.9. The van der Waals surface area contributed by atoms with Crippen molar-refractivity contribution in [1.29, 1.82) is 0 Å². The highest BCUT2D eigenvalue weighted by molar-refractivity contribution is 7.27. The maximum Gasteiger partial charge on any atom is 0.0541 e. The van der Waals surface area contributed by atoms with Gasteiger partial charge >= 0.3 is 0 Å². The zero-order chi connectivity index (χ0) is 76.6. The molecule has 116 heavy (non-hydrogen) atoms. The van der Waals surface area contributed by atoms with Crippen molar-refractivity contribution in [3.8, 4) is 67.0 Å². The monoisotopic (exact) mass is 1510 g/mol. The third-order valence-electron chi connectivity index (χ3n) is 23.1. The topological polar surface area (TPSA) is 16.3 Å². The summed E-state index contributed by atoms with van der Waals surface area (Å²) in [6, 6.07) is 159. The van der Waals surface area contributed by atoms with Crippen LogP contribution in [0.15, 0.2) is 437 Å². The molecule has 0 N–H and O–H groups in total. The van der Waals surface area contributed by atoms with E-state index in [1.54, 1.807) is 0 Å².